The average molecular weight is 434 g/mol. The second-order valence-corrected chi connectivity index (χ2v) is 9.81. The van der Waals surface area contributed by atoms with Crippen LogP contribution in [0, 0.1) is 0 Å². The number of likely N-dealkylation sites (tertiary alicyclic amines) is 1. The number of aryl methyl sites for hydroxylation is 1. The van der Waals surface area contributed by atoms with E-state index in [0.717, 1.165) is 50.8 Å². The third-order valence-corrected chi connectivity index (χ3v) is 8.55. The Hall–Kier alpha value is -2.37. The van der Waals surface area contributed by atoms with Gasteiger partial charge in [0, 0.05) is 24.6 Å². The van der Waals surface area contributed by atoms with Crippen LogP contribution in [0.25, 0.3) is 0 Å². The van der Waals surface area contributed by atoms with E-state index in [1.54, 1.807) is 6.07 Å². The van der Waals surface area contributed by atoms with Gasteiger partial charge in [0.1, 0.15) is 0 Å². The number of carbonyl (C=O) groups excluding carboxylic acids is 1. The first-order chi connectivity index (χ1) is 15.6. The molecule has 1 saturated carbocycles. The van der Waals surface area contributed by atoms with Crippen molar-refractivity contribution in [2.75, 3.05) is 19.7 Å². The van der Waals surface area contributed by atoms with Gasteiger partial charge in [-0.3, -0.25) is 9.69 Å². The first-order valence-electron chi connectivity index (χ1n) is 12.1. The summed E-state index contributed by atoms with van der Waals surface area (Å²) in [6, 6.07) is 14.5. The Morgan fingerprint density at radius 3 is 2.84 bits per heavy atom. The van der Waals surface area contributed by atoms with Crippen molar-refractivity contribution in [3.63, 3.8) is 0 Å². The van der Waals surface area contributed by atoms with Crippen molar-refractivity contribution in [1.82, 2.24) is 4.90 Å². The van der Waals surface area contributed by atoms with Crippen LogP contribution in [0.2, 0.25) is 0 Å². The first-order valence-corrected chi connectivity index (χ1v) is 12.1. The van der Waals surface area contributed by atoms with Gasteiger partial charge >= 0.3 is 0 Å². The monoisotopic (exact) mass is 433 g/mol. The molecular formula is C27H31NO4. The van der Waals surface area contributed by atoms with E-state index in [-0.39, 0.29) is 17.6 Å². The van der Waals surface area contributed by atoms with Crippen molar-refractivity contribution < 1.29 is 19.4 Å². The number of ether oxygens (including phenoxy) is 2. The average Bonchev–Trinajstić information content (AvgIpc) is 3.17. The van der Waals surface area contributed by atoms with Gasteiger partial charge in [-0.2, -0.15) is 0 Å². The van der Waals surface area contributed by atoms with E-state index < -0.39 is 17.1 Å². The number of Topliss-reactive ketones (excluding diaryl/α,β-unsaturated/α-hetero) is 1. The zero-order valence-electron chi connectivity index (χ0n) is 18.7. The van der Waals surface area contributed by atoms with E-state index in [4.69, 9.17) is 9.47 Å². The number of phenols is 1. The maximum absolute atomic E-state index is 13.2. The summed E-state index contributed by atoms with van der Waals surface area (Å²) >= 11 is 0. The smallest absolute Gasteiger partial charge is 0.174 e. The molecule has 0 radical (unpaired) electrons. The molecule has 2 heterocycles. The molecule has 0 unspecified atom stereocenters. The molecule has 2 aromatic rings. The van der Waals surface area contributed by atoms with Crippen LogP contribution >= 0.6 is 0 Å². The maximum Gasteiger partial charge on any atom is 0.174 e. The standard InChI is InChI=1S/C27H31NO4/c1-2-28-15-14-26-23-19-10-11-20(29)24(23)32-25(26)21(30)12-13-27(26,22(28)17-19)31-16-6-9-18-7-4-3-5-8-18/h3-5,7-8,10-11,22,25,29H,2,6,9,12-17H2,1H3/t22-,25+,26+,27-/m1/s1. The highest BCUT2D eigenvalue weighted by atomic mass is 16.5. The molecule has 5 heteroatoms. The van der Waals surface area contributed by atoms with Crippen molar-refractivity contribution in [2.45, 2.75) is 68.6 Å². The fraction of sp³-hybridized carbons (Fsp3) is 0.519. The van der Waals surface area contributed by atoms with Crippen LogP contribution in [0.4, 0.5) is 0 Å². The lowest BCUT2D eigenvalue weighted by atomic mass is 9.48. The lowest BCUT2D eigenvalue weighted by Gasteiger charge is -2.64. The Morgan fingerprint density at radius 1 is 1.19 bits per heavy atom. The number of phenolic OH excluding ortho intramolecular Hbond substituents is 1. The number of benzene rings is 2. The highest BCUT2D eigenvalue weighted by Gasteiger charge is 2.74. The lowest BCUT2D eigenvalue weighted by Crippen LogP contribution is -2.77. The lowest BCUT2D eigenvalue weighted by molar-refractivity contribution is -0.212. The quantitative estimate of drug-likeness (QED) is 0.703. The summed E-state index contributed by atoms with van der Waals surface area (Å²) < 4.78 is 13.3. The summed E-state index contributed by atoms with van der Waals surface area (Å²) in [5.41, 5.74) is 2.65. The number of rotatable bonds is 6. The molecule has 1 N–H and O–H groups in total. The van der Waals surface area contributed by atoms with Crippen LogP contribution in [0.1, 0.15) is 49.3 Å². The molecular weight excluding hydrogens is 402 g/mol. The van der Waals surface area contributed by atoms with Gasteiger partial charge in [0.25, 0.3) is 0 Å². The molecule has 2 aromatic carbocycles. The van der Waals surface area contributed by atoms with Crippen molar-refractivity contribution in [3.05, 3.63) is 59.2 Å². The molecule has 2 bridgehead atoms. The number of hydrogen-bond acceptors (Lipinski definition) is 5. The third kappa shape index (κ3) is 2.55. The van der Waals surface area contributed by atoms with Crippen molar-refractivity contribution >= 4 is 5.78 Å². The highest BCUT2D eigenvalue weighted by Crippen LogP contribution is 2.65. The fourth-order valence-corrected chi connectivity index (χ4v) is 7.23. The van der Waals surface area contributed by atoms with Crippen LogP contribution in [0.15, 0.2) is 42.5 Å². The number of ketones is 1. The van der Waals surface area contributed by atoms with Gasteiger partial charge in [-0.15, -0.1) is 0 Å². The van der Waals surface area contributed by atoms with E-state index in [1.807, 2.05) is 12.1 Å². The molecule has 2 aliphatic carbocycles. The summed E-state index contributed by atoms with van der Waals surface area (Å²) in [6.45, 7) is 4.78. The van der Waals surface area contributed by atoms with Gasteiger partial charge < -0.3 is 14.6 Å². The van der Waals surface area contributed by atoms with E-state index in [0.29, 0.717) is 18.8 Å². The predicted octanol–water partition coefficient (Wildman–Crippen LogP) is 3.79. The molecule has 0 amide bonds. The topological polar surface area (TPSA) is 59.0 Å². The van der Waals surface area contributed by atoms with Crippen molar-refractivity contribution in [2.24, 2.45) is 0 Å². The Morgan fingerprint density at radius 2 is 2.03 bits per heavy atom. The SMILES string of the molecule is CCN1CC[C@]23c4c5ccc(O)c4O[C@H]2C(=O)CC[C@@]3(OCCCc2ccccc2)[C@H]1C5. The van der Waals surface area contributed by atoms with Gasteiger partial charge in [0.2, 0.25) is 0 Å². The number of hydrogen-bond donors (Lipinski definition) is 1. The van der Waals surface area contributed by atoms with E-state index in [1.165, 1.54) is 11.1 Å². The molecule has 4 atom stereocenters. The zero-order valence-corrected chi connectivity index (χ0v) is 18.7. The van der Waals surface area contributed by atoms with Crippen LogP contribution in [-0.4, -0.2) is 53.2 Å². The van der Waals surface area contributed by atoms with E-state index in [2.05, 4.69) is 36.1 Å². The largest absolute Gasteiger partial charge is 0.504 e. The normalized spacial score (nSPS) is 32.5. The van der Waals surface area contributed by atoms with Crippen LogP contribution < -0.4 is 4.74 Å². The zero-order chi connectivity index (χ0) is 21.9. The molecule has 2 fully saturated rings. The van der Waals surface area contributed by atoms with Gasteiger partial charge in [-0.25, -0.2) is 0 Å². The second-order valence-electron chi connectivity index (χ2n) is 9.81. The molecule has 5 nitrogen and oxygen atoms in total. The number of nitrogens with zero attached hydrogens (tertiary/aromatic N) is 1. The van der Waals surface area contributed by atoms with Gasteiger partial charge in [-0.1, -0.05) is 43.3 Å². The molecule has 0 aromatic heterocycles. The molecule has 6 rings (SSSR count). The molecule has 32 heavy (non-hydrogen) atoms. The molecule has 1 saturated heterocycles. The summed E-state index contributed by atoms with van der Waals surface area (Å²) in [5, 5.41) is 10.6. The minimum absolute atomic E-state index is 0.148. The van der Waals surface area contributed by atoms with Crippen LogP contribution in [0.3, 0.4) is 0 Å². The van der Waals surface area contributed by atoms with E-state index >= 15 is 0 Å². The highest BCUT2D eigenvalue weighted by molar-refractivity contribution is 5.90. The van der Waals surface area contributed by atoms with E-state index in [9.17, 15) is 9.90 Å². The van der Waals surface area contributed by atoms with Crippen molar-refractivity contribution in [1.29, 1.82) is 0 Å². The Bertz CT molecular complexity index is 1050. The minimum Gasteiger partial charge on any atom is -0.504 e. The fourth-order valence-electron chi connectivity index (χ4n) is 7.23. The summed E-state index contributed by atoms with van der Waals surface area (Å²) in [7, 11) is 0. The second kappa shape index (κ2) is 7.32. The first kappa shape index (κ1) is 20.3. The number of aromatic hydroxyl groups is 1. The molecule has 1 spiro atoms. The molecule has 4 aliphatic rings. The maximum atomic E-state index is 13.2. The minimum atomic E-state index is -0.547. The van der Waals surface area contributed by atoms with Crippen LogP contribution in [0.5, 0.6) is 11.5 Å². The summed E-state index contributed by atoms with van der Waals surface area (Å²) in [5.74, 6) is 0.832. The predicted molar refractivity (Wildman–Crippen MR) is 121 cm³/mol. The number of piperidine rings is 1. The summed E-state index contributed by atoms with van der Waals surface area (Å²) in [4.78, 5) is 15.7. The Kier molecular flexibility index (Phi) is 4.63. The summed E-state index contributed by atoms with van der Waals surface area (Å²) in [6.07, 6.45) is 4.29. The Labute approximate surface area is 189 Å². The third-order valence-electron chi connectivity index (χ3n) is 8.55. The van der Waals surface area contributed by atoms with Gasteiger partial charge in [-0.05, 0) is 62.4 Å². The molecule has 2 aliphatic heterocycles. The Balaban J connectivity index is 1.40. The molecule has 168 valence electrons. The van der Waals surface area contributed by atoms with Crippen molar-refractivity contribution in [3.8, 4) is 11.5 Å². The number of likely N-dealkylation sites (N-methyl/N-ethyl adjacent to an activating group) is 1. The van der Waals surface area contributed by atoms with Gasteiger partial charge in [0.15, 0.2) is 23.4 Å². The van der Waals surface area contributed by atoms with Gasteiger partial charge in [0.05, 0.1) is 11.0 Å². The van der Waals surface area contributed by atoms with Crippen LogP contribution in [-0.2, 0) is 27.8 Å². The number of carbonyl (C=O) groups is 1.